The van der Waals surface area contributed by atoms with Crippen LogP contribution >= 0.6 is 15.9 Å². The quantitative estimate of drug-likeness (QED) is 0.775. The van der Waals surface area contributed by atoms with Gasteiger partial charge in [0.05, 0.1) is 6.10 Å². The van der Waals surface area contributed by atoms with E-state index in [9.17, 15) is 5.11 Å². The van der Waals surface area contributed by atoms with Crippen molar-refractivity contribution in [3.05, 3.63) is 10.8 Å². The van der Waals surface area contributed by atoms with E-state index >= 15 is 0 Å². The number of hydrogen-bond donors (Lipinski definition) is 3. The largest absolute Gasteiger partial charge is 0.392 e. The van der Waals surface area contributed by atoms with Crippen LogP contribution in [-0.4, -0.2) is 33.8 Å². The van der Waals surface area contributed by atoms with Gasteiger partial charge >= 0.3 is 0 Å². The molecule has 1 aliphatic rings. The standard InChI is InChI=1S/C13H21BrN4O/c1-4-5-15-11-10(14)12(17-7-16-11)18-8-6-9(19)13(8,2)3/h7-9,19H,4-6H2,1-3H3,(H2,15,16,17,18). The maximum Gasteiger partial charge on any atom is 0.146 e. The van der Waals surface area contributed by atoms with Gasteiger partial charge in [-0.2, -0.15) is 0 Å². The molecule has 1 saturated carbocycles. The minimum Gasteiger partial charge on any atom is -0.392 e. The Morgan fingerprint density at radius 2 is 2.11 bits per heavy atom. The van der Waals surface area contributed by atoms with Crippen LogP contribution in [0.1, 0.15) is 33.6 Å². The monoisotopic (exact) mass is 328 g/mol. The lowest BCUT2D eigenvalue weighted by atomic mass is 9.64. The van der Waals surface area contributed by atoms with Crippen LogP contribution < -0.4 is 10.6 Å². The SMILES string of the molecule is CCCNc1ncnc(NC2CC(O)C2(C)C)c1Br. The molecule has 0 amide bonds. The second-order valence-corrected chi connectivity index (χ2v) is 6.37. The first-order valence-electron chi connectivity index (χ1n) is 6.65. The zero-order chi connectivity index (χ0) is 14.0. The van der Waals surface area contributed by atoms with Crippen LogP contribution in [0, 0.1) is 5.41 Å². The molecule has 1 fully saturated rings. The Hall–Kier alpha value is -0.880. The van der Waals surface area contributed by atoms with Gasteiger partial charge in [0.2, 0.25) is 0 Å². The summed E-state index contributed by atoms with van der Waals surface area (Å²) in [6.07, 6.45) is 3.10. The van der Waals surface area contributed by atoms with E-state index in [0.29, 0.717) is 0 Å². The highest BCUT2D eigenvalue weighted by atomic mass is 79.9. The molecule has 2 rings (SSSR count). The highest BCUT2D eigenvalue weighted by molar-refractivity contribution is 9.10. The van der Waals surface area contributed by atoms with Crippen molar-refractivity contribution >= 4 is 27.6 Å². The van der Waals surface area contributed by atoms with Crippen LogP contribution in [0.2, 0.25) is 0 Å². The first-order chi connectivity index (χ1) is 8.96. The van der Waals surface area contributed by atoms with Crippen molar-refractivity contribution in [2.45, 2.75) is 45.8 Å². The number of aromatic nitrogens is 2. The average Bonchev–Trinajstić information content (AvgIpc) is 2.39. The summed E-state index contributed by atoms with van der Waals surface area (Å²) in [6, 6.07) is 0.229. The Labute approximate surface area is 122 Å². The number of anilines is 2. The number of halogens is 1. The molecule has 0 aromatic carbocycles. The summed E-state index contributed by atoms with van der Waals surface area (Å²) < 4.78 is 0.848. The van der Waals surface area contributed by atoms with Gasteiger partial charge in [-0.25, -0.2) is 9.97 Å². The lowest BCUT2D eigenvalue weighted by Crippen LogP contribution is -2.57. The number of aliphatic hydroxyl groups is 1. The Kier molecular flexibility index (Phi) is 4.30. The number of aliphatic hydroxyl groups excluding tert-OH is 1. The highest BCUT2D eigenvalue weighted by Gasteiger charge is 2.47. The first-order valence-corrected chi connectivity index (χ1v) is 7.45. The van der Waals surface area contributed by atoms with E-state index in [2.05, 4.69) is 57.3 Å². The molecule has 5 nitrogen and oxygen atoms in total. The Morgan fingerprint density at radius 3 is 2.68 bits per heavy atom. The average molecular weight is 329 g/mol. The van der Waals surface area contributed by atoms with E-state index < -0.39 is 0 Å². The molecule has 19 heavy (non-hydrogen) atoms. The molecule has 6 heteroatoms. The Bertz CT molecular complexity index is 452. The van der Waals surface area contributed by atoms with Crippen LogP contribution in [0.5, 0.6) is 0 Å². The van der Waals surface area contributed by atoms with Crippen molar-refractivity contribution in [1.82, 2.24) is 9.97 Å². The summed E-state index contributed by atoms with van der Waals surface area (Å²) >= 11 is 3.53. The van der Waals surface area contributed by atoms with E-state index in [4.69, 9.17) is 0 Å². The molecular weight excluding hydrogens is 308 g/mol. The fourth-order valence-corrected chi connectivity index (χ4v) is 2.61. The van der Waals surface area contributed by atoms with E-state index in [1.807, 2.05) is 0 Å². The van der Waals surface area contributed by atoms with Crippen molar-refractivity contribution in [2.75, 3.05) is 17.2 Å². The molecule has 0 bridgehead atoms. The molecule has 106 valence electrons. The molecule has 1 heterocycles. The summed E-state index contributed by atoms with van der Waals surface area (Å²) in [7, 11) is 0. The highest BCUT2D eigenvalue weighted by Crippen LogP contribution is 2.43. The van der Waals surface area contributed by atoms with Crippen LogP contribution in [-0.2, 0) is 0 Å². The predicted octanol–water partition coefficient (Wildman–Crippen LogP) is 2.63. The molecule has 2 unspecified atom stereocenters. The van der Waals surface area contributed by atoms with E-state index in [-0.39, 0.29) is 17.6 Å². The van der Waals surface area contributed by atoms with Gasteiger partial charge in [0.25, 0.3) is 0 Å². The van der Waals surface area contributed by atoms with Gasteiger partial charge in [-0.15, -0.1) is 0 Å². The van der Waals surface area contributed by atoms with Crippen LogP contribution in [0.15, 0.2) is 10.8 Å². The summed E-state index contributed by atoms with van der Waals surface area (Å²) in [5.41, 5.74) is -0.124. The fraction of sp³-hybridized carbons (Fsp3) is 0.692. The zero-order valence-corrected chi connectivity index (χ0v) is 13.2. The van der Waals surface area contributed by atoms with E-state index in [1.54, 1.807) is 6.33 Å². The van der Waals surface area contributed by atoms with Gasteiger partial charge in [-0.3, -0.25) is 0 Å². The number of hydrogen-bond acceptors (Lipinski definition) is 5. The van der Waals surface area contributed by atoms with Crippen molar-refractivity contribution in [1.29, 1.82) is 0 Å². The molecule has 0 spiro atoms. The summed E-state index contributed by atoms with van der Waals surface area (Å²) in [5, 5.41) is 16.4. The van der Waals surface area contributed by atoms with Gasteiger partial charge in [0, 0.05) is 18.0 Å². The molecule has 0 radical (unpaired) electrons. The third-order valence-corrected chi connectivity index (χ3v) is 4.61. The lowest BCUT2D eigenvalue weighted by molar-refractivity contribution is -0.0511. The molecular formula is C13H21BrN4O. The lowest BCUT2D eigenvalue weighted by Gasteiger charge is -2.49. The van der Waals surface area contributed by atoms with Crippen molar-refractivity contribution in [3.63, 3.8) is 0 Å². The van der Waals surface area contributed by atoms with Gasteiger partial charge in [-0.1, -0.05) is 20.8 Å². The van der Waals surface area contributed by atoms with E-state index in [0.717, 1.165) is 35.5 Å². The van der Waals surface area contributed by atoms with Crippen LogP contribution in [0.3, 0.4) is 0 Å². The molecule has 0 saturated heterocycles. The number of rotatable bonds is 5. The second kappa shape index (κ2) is 5.63. The normalized spacial score (nSPS) is 24.7. The summed E-state index contributed by atoms with van der Waals surface area (Å²) in [5.74, 6) is 1.58. The van der Waals surface area contributed by atoms with Crippen molar-refractivity contribution in [2.24, 2.45) is 5.41 Å². The van der Waals surface area contributed by atoms with Gasteiger partial charge in [0.1, 0.15) is 22.4 Å². The molecule has 3 N–H and O–H groups in total. The fourth-order valence-electron chi connectivity index (χ4n) is 2.15. The van der Waals surface area contributed by atoms with Gasteiger partial charge in [-0.05, 0) is 28.8 Å². The molecule has 2 atom stereocenters. The van der Waals surface area contributed by atoms with Gasteiger partial charge in [0.15, 0.2) is 0 Å². The zero-order valence-electron chi connectivity index (χ0n) is 11.6. The Balaban J connectivity index is 2.09. The smallest absolute Gasteiger partial charge is 0.146 e. The third-order valence-electron chi connectivity index (χ3n) is 3.86. The minimum absolute atomic E-state index is 0.124. The summed E-state index contributed by atoms with van der Waals surface area (Å²) in [4.78, 5) is 8.49. The molecule has 1 aromatic rings. The first kappa shape index (κ1) is 14.5. The molecule has 1 aliphatic carbocycles. The van der Waals surface area contributed by atoms with Crippen LogP contribution in [0.25, 0.3) is 0 Å². The third kappa shape index (κ3) is 2.84. The van der Waals surface area contributed by atoms with Crippen molar-refractivity contribution in [3.8, 4) is 0 Å². The maximum absolute atomic E-state index is 9.77. The predicted molar refractivity (Wildman–Crippen MR) is 80.3 cm³/mol. The van der Waals surface area contributed by atoms with Gasteiger partial charge < -0.3 is 15.7 Å². The topological polar surface area (TPSA) is 70.1 Å². The summed E-state index contributed by atoms with van der Waals surface area (Å²) in [6.45, 7) is 7.11. The van der Waals surface area contributed by atoms with E-state index in [1.165, 1.54) is 0 Å². The Morgan fingerprint density at radius 1 is 1.42 bits per heavy atom. The second-order valence-electron chi connectivity index (χ2n) is 5.58. The minimum atomic E-state index is -0.247. The number of nitrogens with zero attached hydrogens (tertiary/aromatic N) is 2. The van der Waals surface area contributed by atoms with Crippen molar-refractivity contribution < 1.29 is 5.11 Å². The number of nitrogens with one attached hydrogen (secondary N) is 2. The molecule has 1 aromatic heterocycles. The van der Waals surface area contributed by atoms with Crippen LogP contribution in [0.4, 0.5) is 11.6 Å². The molecule has 0 aliphatic heterocycles. The maximum atomic E-state index is 9.77.